The Hall–Kier alpha value is -2.83. The van der Waals surface area contributed by atoms with Gasteiger partial charge in [0.15, 0.2) is 0 Å². The molecule has 3 aromatic carbocycles. The molecule has 0 spiro atoms. The van der Waals surface area contributed by atoms with Crippen LogP contribution in [0.25, 0.3) is 11.1 Å². The molecule has 5 nitrogen and oxygen atoms in total. The molecule has 2 aliphatic rings. The fourth-order valence-corrected chi connectivity index (χ4v) is 6.01. The molecule has 5 rings (SSSR count). The van der Waals surface area contributed by atoms with Crippen LogP contribution in [0.3, 0.4) is 0 Å². The number of carbonyl (C=O) groups excluding carboxylic acids is 2. The van der Waals surface area contributed by atoms with Crippen molar-refractivity contribution < 1.29 is 9.59 Å². The van der Waals surface area contributed by atoms with Crippen LogP contribution in [-0.4, -0.2) is 36.9 Å². The maximum atomic E-state index is 13.3. The van der Waals surface area contributed by atoms with Gasteiger partial charge in [-0.25, -0.2) is 4.79 Å². The van der Waals surface area contributed by atoms with Crippen LogP contribution in [0.2, 0.25) is 15.1 Å². The molecule has 3 aromatic rings. The van der Waals surface area contributed by atoms with Crippen molar-refractivity contribution in [3.8, 4) is 11.1 Å². The number of nitrogens with one attached hydrogen (secondary N) is 1. The number of benzene rings is 3. The Morgan fingerprint density at radius 2 is 1.69 bits per heavy atom. The van der Waals surface area contributed by atoms with Crippen LogP contribution in [0, 0.1) is 5.92 Å². The number of likely N-dealkylation sites (tertiary alicyclic amines) is 1. The molecule has 2 unspecified atom stereocenters. The molecule has 0 radical (unpaired) electrons. The summed E-state index contributed by atoms with van der Waals surface area (Å²) in [5, 5.41) is 4.27. The van der Waals surface area contributed by atoms with Crippen molar-refractivity contribution in [2.45, 2.75) is 12.5 Å². The standard InChI is InChI=1S/C28H24Cl3N3O2/c1-2-10-33-14-18(16-35)22(15-33)17-11-20(19-6-3-4-7-23(19)29)21-13-32-28(36)34(26(21)12-17)27-24(30)8-5-9-25(27)31/h2-9,11-12,16,18,22H,1,10,13-15H2,(H,32,36). The van der Waals surface area contributed by atoms with Crippen LogP contribution in [0.5, 0.6) is 0 Å². The lowest BCUT2D eigenvalue weighted by Crippen LogP contribution is -2.42. The minimum atomic E-state index is -0.327. The summed E-state index contributed by atoms with van der Waals surface area (Å²) >= 11 is 19.8. The summed E-state index contributed by atoms with van der Waals surface area (Å²) in [6.07, 6.45) is 2.87. The highest BCUT2D eigenvalue weighted by Gasteiger charge is 2.36. The van der Waals surface area contributed by atoms with E-state index >= 15 is 0 Å². The molecule has 1 saturated heterocycles. The Morgan fingerprint density at radius 3 is 2.39 bits per heavy atom. The third-order valence-electron chi connectivity index (χ3n) is 6.87. The number of hydrogen-bond donors (Lipinski definition) is 1. The van der Waals surface area contributed by atoms with Gasteiger partial charge in [-0.3, -0.25) is 9.80 Å². The number of fused-ring (bicyclic) bond motifs is 1. The minimum Gasteiger partial charge on any atom is -0.333 e. The van der Waals surface area contributed by atoms with Crippen LogP contribution >= 0.6 is 34.8 Å². The molecule has 0 bridgehead atoms. The average Bonchev–Trinajstić information content (AvgIpc) is 3.28. The van der Waals surface area contributed by atoms with E-state index in [9.17, 15) is 9.59 Å². The number of carbonyl (C=O) groups is 2. The second-order valence-electron chi connectivity index (χ2n) is 9.02. The summed E-state index contributed by atoms with van der Waals surface area (Å²) in [6, 6.07) is 16.5. The lowest BCUT2D eigenvalue weighted by Gasteiger charge is -2.34. The Bertz CT molecular complexity index is 1340. The molecule has 8 heteroatoms. The molecule has 184 valence electrons. The zero-order valence-corrected chi connectivity index (χ0v) is 21.7. The Labute approximate surface area is 225 Å². The van der Waals surface area contributed by atoms with Crippen LogP contribution in [-0.2, 0) is 11.3 Å². The zero-order valence-electron chi connectivity index (χ0n) is 19.4. The second kappa shape index (κ2) is 10.3. The fraction of sp³-hybridized carbons (Fsp3) is 0.214. The smallest absolute Gasteiger partial charge is 0.326 e. The number of hydrogen-bond acceptors (Lipinski definition) is 3. The van der Waals surface area contributed by atoms with Gasteiger partial charge in [-0.15, -0.1) is 6.58 Å². The minimum absolute atomic E-state index is 0.0532. The predicted molar refractivity (Wildman–Crippen MR) is 147 cm³/mol. The van der Waals surface area contributed by atoms with Crippen LogP contribution in [0.15, 0.2) is 67.3 Å². The van der Waals surface area contributed by atoms with Gasteiger partial charge in [0, 0.05) is 54.2 Å². The van der Waals surface area contributed by atoms with E-state index in [1.165, 1.54) is 4.90 Å². The summed E-state index contributed by atoms with van der Waals surface area (Å²) in [4.78, 5) is 29.1. The number of urea groups is 1. The van der Waals surface area contributed by atoms with Gasteiger partial charge in [0.05, 0.1) is 21.4 Å². The molecule has 36 heavy (non-hydrogen) atoms. The molecule has 2 heterocycles. The second-order valence-corrected chi connectivity index (χ2v) is 10.2. The van der Waals surface area contributed by atoms with E-state index < -0.39 is 0 Å². The highest BCUT2D eigenvalue weighted by Crippen LogP contribution is 2.46. The van der Waals surface area contributed by atoms with Gasteiger partial charge in [-0.2, -0.15) is 0 Å². The highest BCUT2D eigenvalue weighted by atomic mass is 35.5. The quantitative estimate of drug-likeness (QED) is 0.269. The Balaban J connectivity index is 1.75. The Morgan fingerprint density at radius 1 is 0.972 bits per heavy atom. The van der Waals surface area contributed by atoms with Crippen LogP contribution in [0.1, 0.15) is 17.0 Å². The largest absolute Gasteiger partial charge is 0.333 e. The average molecular weight is 541 g/mol. The van der Waals surface area contributed by atoms with Crippen molar-refractivity contribution in [2.24, 2.45) is 5.92 Å². The van der Waals surface area contributed by atoms with Gasteiger partial charge in [0.2, 0.25) is 0 Å². The maximum absolute atomic E-state index is 13.3. The third-order valence-corrected chi connectivity index (χ3v) is 7.80. The van der Waals surface area contributed by atoms with Crippen molar-refractivity contribution in [1.82, 2.24) is 10.2 Å². The van der Waals surface area contributed by atoms with Crippen LogP contribution < -0.4 is 10.2 Å². The topological polar surface area (TPSA) is 52.7 Å². The number of nitrogens with zero attached hydrogens (tertiary/aromatic N) is 2. The molecule has 1 N–H and O–H groups in total. The fourth-order valence-electron chi connectivity index (χ4n) is 5.21. The van der Waals surface area contributed by atoms with Gasteiger partial charge in [-0.05, 0) is 35.4 Å². The first-order valence-corrected chi connectivity index (χ1v) is 12.8. The van der Waals surface area contributed by atoms with Gasteiger partial charge < -0.3 is 10.1 Å². The Kier molecular flexibility index (Phi) is 7.09. The summed E-state index contributed by atoms with van der Waals surface area (Å²) in [5.41, 5.74) is 4.68. The number of rotatable bonds is 6. The van der Waals surface area contributed by atoms with E-state index in [-0.39, 0.29) is 17.9 Å². The monoisotopic (exact) mass is 539 g/mol. The summed E-state index contributed by atoms with van der Waals surface area (Å²) in [5.74, 6) is -0.237. The van der Waals surface area contributed by atoms with Gasteiger partial charge in [0.25, 0.3) is 0 Å². The molecule has 2 amide bonds. The number of aldehydes is 1. The summed E-state index contributed by atoms with van der Waals surface area (Å²) in [6.45, 7) is 6.22. The number of amides is 2. The first-order chi connectivity index (χ1) is 17.4. The van der Waals surface area contributed by atoms with E-state index in [0.29, 0.717) is 52.6 Å². The molecule has 0 saturated carbocycles. The SMILES string of the molecule is C=CCN1CC(C=O)C(c2cc(-c3ccccc3Cl)c3c(c2)N(c2c(Cl)cccc2Cl)C(=O)NC3)C1. The van der Waals surface area contributed by atoms with Crippen molar-refractivity contribution in [1.29, 1.82) is 0 Å². The number of halogens is 3. The van der Waals surface area contributed by atoms with Gasteiger partial charge >= 0.3 is 6.03 Å². The molecule has 1 fully saturated rings. The molecular formula is C28H24Cl3N3O2. The lowest BCUT2D eigenvalue weighted by molar-refractivity contribution is -0.111. The predicted octanol–water partition coefficient (Wildman–Crippen LogP) is 7.08. The summed E-state index contributed by atoms with van der Waals surface area (Å²) < 4.78 is 0. The third kappa shape index (κ3) is 4.41. The molecule has 0 aliphatic carbocycles. The van der Waals surface area contributed by atoms with Gasteiger partial charge in [-0.1, -0.05) is 71.2 Å². The first kappa shape index (κ1) is 24.8. The lowest BCUT2D eigenvalue weighted by atomic mass is 9.85. The van der Waals surface area contributed by atoms with Gasteiger partial charge in [0.1, 0.15) is 6.29 Å². The van der Waals surface area contributed by atoms with E-state index in [2.05, 4.69) is 22.9 Å². The summed E-state index contributed by atoms with van der Waals surface area (Å²) in [7, 11) is 0. The molecule has 2 aliphatic heterocycles. The van der Waals surface area contributed by atoms with E-state index in [0.717, 1.165) is 28.5 Å². The van der Waals surface area contributed by atoms with Crippen molar-refractivity contribution in [3.63, 3.8) is 0 Å². The van der Waals surface area contributed by atoms with Crippen molar-refractivity contribution in [2.75, 3.05) is 24.5 Å². The molecular weight excluding hydrogens is 517 g/mol. The van der Waals surface area contributed by atoms with E-state index in [1.54, 1.807) is 18.2 Å². The molecule has 2 atom stereocenters. The van der Waals surface area contributed by atoms with E-state index in [4.69, 9.17) is 34.8 Å². The van der Waals surface area contributed by atoms with E-state index in [1.807, 2.05) is 36.4 Å². The van der Waals surface area contributed by atoms with Crippen molar-refractivity contribution >= 4 is 58.5 Å². The molecule has 0 aromatic heterocycles. The normalized spacial score (nSPS) is 19.6. The number of para-hydroxylation sites is 1. The van der Waals surface area contributed by atoms with Crippen LogP contribution in [0.4, 0.5) is 16.2 Å². The maximum Gasteiger partial charge on any atom is 0.326 e. The zero-order chi connectivity index (χ0) is 25.4. The first-order valence-electron chi connectivity index (χ1n) is 11.6. The highest BCUT2D eigenvalue weighted by molar-refractivity contribution is 6.40. The van der Waals surface area contributed by atoms with Crippen molar-refractivity contribution in [3.05, 3.63) is 93.4 Å². The number of anilines is 2.